The largest absolute Gasteiger partial charge is 0.379 e. The van der Waals surface area contributed by atoms with E-state index in [1.807, 2.05) is 29.2 Å². The van der Waals surface area contributed by atoms with Crippen molar-refractivity contribution in [1.82, 2.24) is 14.8 Å². The fourth-order valence-corrected chi connectivity index (χ4v) is 3.54. The predicted molar refractivity (Wildman–Crippen MR) is 90.1 cm³/mol. The fourth-order valence-electron chi connectivity index (χ4n) is 3.54. The summed E-state index contributed by atoms with van der Waals surface area (Å²) in [5, 5.41) is 0. The van der Waals surface area contributed by atoms with Crippen molar-refractivity contribution in [2.45, 2.75) is 19.1 Å². The molecule has 0 N–H and O–H groups in total. The average Bonchev–Trinajstić information content (AvgIpc) is 3.08. The van der Waals surface area contributed by atoms with Crippen LogP contribution in [-0.4, -0.2) is 47.0 Å². The van der Waals surface area contributed by atoms with Crippen LogP contribution in [0.5, 0.6) is 0 Å². The summed E-state index contributed by atoms with van der Waals surface area (Å²) in [5.41, 5.74) is 3.45. The Bertz CT molecular complexity index is 689. The molecule has 1 saturated heterocycles. The predicted octanol–water partition coefficient (Wildman–Crippen LogP) is 2.00. The van der Waals surface area contributed by atoms with Crippen LogP contribution in [0.15, 0.2) is 48.8 Å². The van der Waals surface area contributed by atoms with E-state index in [2.05, 4.69) is 22.0 Å². The maximum absolute atomic E-state index is 13.3. The van der Waals surface area contributed by atoms with Gasteiger partial charge in [0.1, 0.15) is 6.04 Å². The molecule has 4 rings (SSSR count). The molecule has 0 aliphatic carbocycles. The Labute approximate surface area is 141 Å². The molecule has 0 spiro atoms. The summed E-state index contributed by atoms with van der Waals surface area (Å²) in [4.78, 5) is 21.7. The van der Waals surface area contributed by atoms with E-state index >= 15 is 0 Å². The molecule has 0 unspecified atom stereocenters. The highest BCUT2D eigenvalue weighted by atomic mass is 16.5. The van der Waals surface area contributed by atoms with Gasteiger partial charge in [-0.3, -0.25) is 14.7 Å². The number of morpholine rings is 1. The van der Waals surface area contributed by atoms with Gasteiger partial charge in [-0.25, -0.2) is 0 Å². The molecule has 1 atom stereocenters. The number of amides is 1. The quantitative estimate of drug-likeness (QED) is 0.867. The van der Waals surface area contributed by atoms with E-state index in [0.29, 0.717) is 26.3 Å². The molecule has 24 heavy (non-hydrogen) atoms. The van der Waals surface area contributed by atoms with Gasteiger partial charge < -0.3 is 9.64 Å². The molecular weight excluding hydrogens is 302 g/mol. The van der Waals surface area contributed by atoms with Gasteiger partial charge in [0.25, 0.3) is 0 Å². The van der Waals surface area contributed by atoms with Crippen molar-refractivity contribution in [1.29, 1.82) is 0 Å². The third-order valence-corrected chi connectivity index (χ3v) is 4.80. The molecule has 0 saturated carbocycles. The van der Waals surface area contributed by atoms with Crippen LogP contribution in [0.3, 0.4) is 0 Å². The van der Waals surface area contributed by atoms with E-state index in [1.165, 1.54) is 11.1 Å². The first-order chi connectivity index (χ1) is 11.8. The van der Waals surface area contributed by atoms with E-state index in [1.54, 1.807) is 12.4 Å². The molecule has 1 fully saturated rings. The van der Waals surface area contributed by atoms with Gasteiger partial charge in [-0.15, -0.1) is 0 Å². The average molecular weight is 323 g/mol. The highest BCUT2D eigenvalue weighted by Crippen LogP contribution is 2.29. The Morgan fingerprint density at radius 3 is 2.38 bits per heavy atom. The van der Waals surface area contributed by atoms with Gasteiger partial charge in [0.2, 0.25) is 5.91 Å². The van der Waals surface area contributed by atoms with Gasteiger partial charge in [-0.1, -0.05) is 30.3 Å². The fraction of sp³-hybridized carbons (Fsp3) is 0.368. The lowest BCUT2D eigenvalue weighted by atomic mass is 10.1. The van der Waals surface area contributed by atoms with Crippen LogP contribution in [0.1, 0.15) is 22.7 Å². The number of fused-ring (bicyclic) bond motifs is 1. The molecule has 3 heterocycles. The zero-order valence-electron chi connectivity index (χ0n) is 13.6. The normalized spacial score (nSPS) is 19.1. The van der Waals surface area contributed by atoms with E-state index in [-0.39, 0.29) is 11.9 Å². The van der Waals surface area contributed by atoms with Crippen LogP contribution < -0.4 is 0 Å². The van der Waals surface area contributed by atoms with Crippen LogP contribution in [0.4, 0.5) is 0 Å². The van der Waals surface area contributed by atoms with E-state index in [9.17, 15) is 4.79 Å². The summed E-state index contributed by atoms with van der Waals surface area (Å²) in [6.45, 7) is 4.26. The topological polar surface area (TPSA) is 45.7 Å². The van der Waals surface area contributed by atoms with Crippen molar-refractivity contribution in [2.75, 3.05) is 26.3 Å². The SMILES string of the molecule is O=C([C@@H](c1cccnc1)N1CCOCC1)N1Cc2ccccc2C1. The first kappa shape index (κ1) is 15.3. The van der Waals surface area contributed by atoms with Crippen molar-refractivity contribution in [3.8, 4) is 0 Å². The highest BCUT2D eigenvalue weighted by molar-refractivity contribution is 5.83. The Morgan fingerprint density at radius 1 is 1.04 bits per heavy atom. The summed E-state index contributed by atoms with van der Waals surface area (Å²) in [7, 11) is 0. The van der Waals surface area contributed by atoms with E-state index < -0.39 is 0 Å². The number of benzene rings is 1. The Kier molecular flexibility index (Phi) is 4.28. The molecule has 124 valence electrons. The third-order valence-electron chi connectivity index (χ3n) is 4.80. The summed E-state index contributed by atoms with van der Waals surface area (Å²) in [6.07, 6.45) is 3.55. The molecule has 1 aromatic carbocycles. The zero-order chi connectivity index (χ0) is 16.4. The standard InChI is InChI=1S/C19H21N3O2/c23-19(22-13-16-4-1-2-5-17(16)14-22)18(15-6-3-7-20-12-15)21-8-10-24-11-9-21/h1-7,12,18H,8-11,13-14H2/t18-/m1/s1. The number of aromatic nitrogens is 1. The Balaban J connectivity index is 1.60. The van der Waals surface area contributed by atoms with Gasteiger partial charge in [0.15, 0.2) is 0 Å². The molecule has 1 amide bonds. The molecule has 2 aliphatic heterocycles. The van der Waals surface area contributed by atoms with Crippen LogP contribution in [0, 0.1) is 0 Å². The lowest BCUT2D eigenvalue weighted by Gasteiger charge is -2.35. The van der Waals surface area contributed by atoms with Gasteiger partial charge in [0.05, 0.1) is 13.2 Å². The molecule has 2 aliphatic rings. The monoisotopic (exact) mass is 323 g/mol. The van der Waals surface area contributed by atoms with Gasteiger partial charge >= 0.3 is 0 Å². The number of nitrogens with zero attached hydrogens (tertiary/aromatic N) is 3. The molecule has 2 aromatic rings. The zero-order valence-corrected chi connectivity index (χ0v) is 13.6. The first-order valence-corrected chi connectivity index (χ1v) is 8.40. The van der Waals surface area contributed by atoms with Crippen molar-refractivity contribution < 1.29 is 9.53 Å². The third kappa shape index (κ3) is 2.92. The van der Waals surface area contributed by atoms with Crippen molar-refractivity contribution >= 4 is 5.91 Å². The molecule has 0 bridgehead atoms. The second kappa shape index (κ2) is 6.71. The summed E-state index contributed by atoms with van der Waals surface area (Å²) in [5.74, 6) is 0.154. The van der Waals surface area contributed by atoms with Crippen molar-refractivity contribution in [3.63, 3.8) is 0 Å². The van der Waals surface area contributed by atoms with Crippen LogP contribution in [-0.2, 0) is 22.6 Å². The lowest BCUT2D eigenvalue weighted by molar-refractivity contribution is -0.139. The van der Waals surface area contributed by atoms with Crippen molar-refractivity contribution in [3.05, 3.63) is 65.5 Å². The van der Waals surface area contributed by atoms with Crippen LogP contribution in [0.2, 0.25) is 0 Å². The molecule has 5 nitrogen and oxygen atoms in total. The van der Waals surface area contributed by atoms with Gasteiger partial charge in [-0.2, -0.15) is 0 Å². The minimum Gasteiger partial charge on any atom is -0.379 e. The number of carbonyl (C=O) groups excluding carboxylic acids is 1. The summed E-state index contributed by atoms with van der Waals surface area (Å²) >= 11 is 0. The highest BCUT2D eigenvalue weighted by Gasteiger charge is 2.34. The number of hydrogen-bond donors (Lipinski definition) is 0. The number of carbonyl (C=O) groups is 1. The number of rotatable bonds is 3. The Morgan fingerprint density at radius 2 is 1.75 bits per heavy atom. The second-order valence-electron chi connectivity index (χ2n) is 6.30. The summed E-state index contributed by atoms with van der Waals surface area (Å²) in [6, 6.07) is 11.9. The van der Waals surface area contributed by atoms with Crippen molar-refractivity contribution in [2.24, 2.45) is 0 Å². The number of ether oxygens (including phenoxy) is 1. The molecule has 5 heteroatoms. The maximum atomic E-state index is 13.3. The second-order valence-corrected chi connectivity index (χ2v) is 6.30. The smallest absolute Gasteiger partial charge is 0.245 e. The lowest BCUT2D eigenvalue weighted by Crippen LogP contribution is -2.46. The minimum absolute atomic E-state index is 0.154. The molecule has 0 radical (unpaired) electrons. The number of pyridine rings is 1. The van der Waals surface area contributed by atoms with Gasteiger partial charge in [-0.05, 0) is 22.8 Å². The number of hydrogen-bond acceptors (Lipinski definition) is 4. The first-order valence-electron chi connectivity index (χ1n) is 8.40. The molecule has 1 aromatic heterocycles. The maximum Gasteiger partial charge on any atom is 0.245 e. The van der Waals surface area contributed by atoms with E-state index in [4.69, 9.17) is 4.74 Å². The summed E-state index contributed by atoms with van der Waals surface area (Å²) < 4.78 is 5.46. The van der Waals surface area contributed by atoms with Gasteiger partial charge in [0, 0.05) is 38.6 Å². The van der Waals surface area contributed by atoms with E-state index in [0.717, 1.165) is 18.7 Å². The minimum atomic E-state index is -0.281. The van der Waals surface area contributed by atoms with Crippen LogP contribution in [0.25, 0.3) is 0 Å². The molecular formula is C19H21N3O2. The van der Waals surface area contributed by atoms with Crippen LogP contribution >= 0.6 is 0 Å². The Hall–Kier alpha value is -2.24.